The van der Waals surface area contributed by atoms with Crippen molar-refractivity contribution in [2.45, 2.75) is 6.92 Å². The largest absolute Gasteiger partial charge is 0.497 e. The molecule has 2 amide bonds. The molecule has 0 unspecified atom stereocenters. The molecule has 0 saturated heterocycles. The maximum atomic E-state index is 12.4. The smallest absolute Gasteiger partial charge is 0.257 e. The molecule has 6 nitrogen and oxygen atoms in total. The zero-order valence-corrected chi connectivity index (χ0v) is 15.0. The van der Waals surface area contributed by atoms with E-state index in [1.54, 1.807) is 55.6 Å². The van der Waals surface area contributed by atoms with Crippen LogP contribution in [0.2, 0.25) is 0 Å². The van der Waals surface area contributed by atoms with Crippen LogP contribution in [0.25, 0.3) is 11.3 Å². The van der Waals surface area contributed by atoms with Crippen molar-refractivity contribution >= 4 is 17.5 Å². The van der Waals surface area contributed by atoms with Crippen LogP contribution in [-0.4, -0.2) is 23.9 Å². The predicted octanol–water partition coefficient (Wildman–Crippen LogP) is 3.42. The second-order valence-corrected chi connectivity index (χ2v) is 6.01. The van der Waals surface area contributed by atoms with E-state index in [1.165, 1.54) is 6.20 Å². The summed E-state index contributed by atoms with van der Waals surface area (Å²) in [6.07, 6.45) is 1.50. The summed E-state index contributed by atoms with van der Waals surface area (Å²) in [6, 6.07) is 15.7. The quantitative estimate of drug-likeness (QED) is 0.728. The van der Waals surface area contributed by atoms with Crippen LogP contribution in [0.15, 0.2) is 60.8 Å². The Morgan fingerprint density at radius 2 is 1.70 bits per heavy atom. The molecule has 3 rings (SSSR count). The van der Waals surface area contributed by atoms with Gasteiger partial charge in [-0.05, 0) is 61.0 Å². The van der Waals surface area contributed by atoms with Crippen molar-refractivity contribution in [2.24, 2.45) is 5.73 Å². The molecule has 1 heterocycles. The normalized spacial score (nSPS) is 10.3. The number of nitrogens with zero attached hydrogens (tertiary/aromatic N) is 1. The van der Waals surface area contributed by atoms with Crippen LogP contribution >= 0.6 is 0 Å². The third-order valence-electron chi connectivity index (χ3n) is 4.17. The fourth-order valence-electron chi connectivity index (χ4n) is 2.62. The molecule has 1 aromatic heterocycles. The lowest BCUT2D eigenvalue weighted by Crippen LogP contribution is -2.12. The molecule has 136 valence electrons. The van der Waals surface area contributed by atoms with Crippen molar-refractivity contribution in [1.82, 2.24) is 4.98 Å². The number of pyridine rings is 1. The SMILES string of the molecule is COc1ccc(NC(=O)c2ccc(-c3cc(C(N)=O)ccc3C)nc2)cc1. The molecule has 0 aliphatic carbocycles. The fourth-order valence-corrected chi connectivity index (χ4v) is 2.62. The van der Waals surface area contributed by atoms with Crippen LogP contribution in [0, 0.1) is 6.92 Å². The Balaban J connectivity index is 1.79. The third-order valence-corrected chi connectivity index (χ3v) is 4.17. The maximum absolute atomic E-state index is 12.4. The van der Waals surface area contributed by atoms with Gasteiger partial charge in [0, 0.05) is 23.0 Å². The highest BCUT2D eigenvalue weighted by Gasteiger charge is 2.11. The third kappa shape index (κ3) is 4.12. The zero-order chi connectivity index (χ0) is 19.4. The zero-order valence-electron chi connectivity index (χ0n) is 15.0. The molecule has 0 bridgehead atoms. The lowest BCUT2D eigenvalue weighted by molar-refractivity contribution is 0.0997. The number of nitrogens with two attached hydrogens (primary N) is 1. The molecular formula is C21H19N3O3. The number of aromatic nitrogens is 1. The number of nitrogens with one attached hydrogen (secondary N) is 1. The molecular weight excluding hydrogens is 342 g/mol. The van der Waals surface area contributed by atoms with Crippen molar-refractivity contribution in [1.29, 1.82) is 0 Å². The summed E-state index contributed by atoms with van der Waals surface area (Å²) in [4.78, 5) is 28.1. The van der Waals surface area contributed by atoms with E-state index >= 15 is 0 Å². The van der Waals surface area contributed by atoms with E-state index in [1.807, 2.05) is 13.0 Å². The number of aryl methyl sites for hydroxylation is 1. The number of benzene rings is 2. The van der Waals surface area contributed by atoms with Gasteiger partial charge in [-0.2, -0.15) is 0 Å². The number of ether oxygens (including phenoxy) is 1. The summed E-state index contributed by atoms with van der Waals surface area (Å²) >= 11 is 0. The molecule has 0 fully saturated rings. The average molecular weight is 361 g/mol. The maximum Gasteiger partial charge on any atom is 0.257 e. The van der Waals surface area contributed by atoms with Crippen molar-refractivity contribution < 1.29 is 14.3 Å². The second kappa shape index (κ2) is 7.70. The number of primary amides is 1. The van der Waals surface area contributed by atoms with Gasteiger partial charge in [0.25, 0.3) is 5.91 Å². The van der Waals surface area contributed by atoms with E-state index in [2.05, 4.69) is 10.3 Å². The van der Waals surface area contributed by atoms with Crippen LogP contribution in [0.4, 0.5) is 5.69 Å². The molecule has 3 aromatic rings. The van der Waals surface area contributed by atoms with Gasteiger partial charge in [0.2, 0.25) is 5.91 Å². The van der Waals surface area contributed by atoms with Gasteiger partial charge in [0.1, 0.15) is 5.75 Å². The minimum absolute atomic E-state index is 0.262. The highest BCUT2D eigenvalue weighted by Crippen LogP contribution is 2.23. The molecule has 0 aliphatic rings. The predicted molar refractivity (Wildman–Crippen MR) is 104 cm³/mol. The lowest BCUT2D eigenvalue weighted by atomic mass is 10.0. The Morgan fingerprint density at radius 3 is 2.30 bits per heavy atom. The van der Waals surface area contributed by atoms with Crippen LogP contribution in [-0.2, 0) is 0 Å². The van der Waals surface area contributed by atoms with Crippen LogP contribution in [0.3, 0.4) is 0 Å². The van der Waals surface area contributed by atoms with Gasteiger partial charge in [-0.3, -0.25) is 14.6 Å². The first-order valence-corrected chi connectivity index (χ1v) is 8.30. The monoisotopic (exact) mass is 361 g/mol. The Morgan fingerprint density at radius 1 is 1.00 bits per heavy atom. The second-order valence-electron chi connectivity index (χ2n) is 6.01. The molecule has 0 radical (unpaired) electrons. The van der Waals surface area contributed by atoms with E-state index in [4.69, 9.17) is 10.5 Å². The molecule has 0 spiro atoms. The number of methoxy groups -OCH3 is 1. The number of anilines is 1. The number of hydrogen-bond donors (Lipinski definition) is 2. The average Bonchev–Trinajstić information content (AvgIpc) is 2.69. The van der Waals surface area contributed by atoms with E-state index in [0.717, 1.165) is 11.1 Å². The molecule has 2 aromatic carbocycles. The van der Waals surface area contributed by atoms with Crippen LogP contribution < -0.4 is 15.8 Å². The lowest BCUT2D eigenvalue weighted by Gasteiger charge is -2.09. The topological polar surface area (TPSA) is 94.3 Å². The molecule has 6 heteroatoms. The number of rotatable bonds is 5. The minimum Gasteiger partial charge on any atom is -0.497 e. The number of hydrogen-bond acceptors (Lipinski definition) is 4. The summed E-state index contributed by atoms with van der Waals surface area (Å²) in [7, 11) is 1.58. The first-order valence-electron chi connectivity index (χ1n) is 8.30. The van der Waals surface area contributed by atoms with E-state index in [9.17, 15) is 9.59 Å². The molecule has 0 saturated carbocycles. The van der Waals surface area contributed by atoms with E-state index < -0.39 is 5.91 Å². The van der Waals surface area contributed by atoms with Gasteiger partial charge >= 0.3 is 0 Å². The molecule has 0 aliphatic heterocycles. The first-order chi connectivity index (χ1) is 13.0. The Bertz CT molecular complexity index is 981. The van der Waals surface area contributed by atoms with Crippen molar-refractivity contribution in [3.63, 3.8) is 0 Å². The highest BCUT2D eigenvalue weighted by molar-refractivity contribution is 6.04. The minimum atomic E-state index is -0.494. The summed E-state index contributed by atoms with van der Waals surface area (Å²) in [5.41, 5.74) is 9.28. The van der Waals surface area contributed by atoms with Crippen LogP contribution in [0.1, 0.15) is 26.3 Å². The summed E-state index contributed by atoms with van der Waals surface area (Å²) in [5.74, 6) is -0.0406. The Kier molecular flexibility index (Phi) is 5.17. The van der Waals surface area contributed by atoms with Crippen LogP contribution in [0.5, 0.6) is 5.75 Å². The highest BCUT2D eigenvalue weighted by atomic mass is 16.5. The van der Waals surface area contributed by atoms with E-state index in [-0.39, 0.29) is 5.91 Å². The van der Waals surface area contributed by atoms with Gasteiger partial charge in [0.15, 0.2) is 0 Å². The van der Waals surface area contributed by atoms with Gasteiger partial charge in [-0.1, -0.05) is 6.07 Å². The van der Waals surface area contributed by atoms with Gasteiger partial charge < -0.3 is 15.8 Å². The van der Waals surface area contributed by atoms with Crippen molar-refractivity contribution in [2.75, 3.05) is 12.4 Å². The standard InChI is InChI=1S/C21H19N3O3/c1-13-3-4-14(20(22)25)11-18(13)19-10-5-15(12-23-19)21(26)24-16-6-8-17(27-2)9-7-16/h3-12H,1-2H3,(H2,22,25)(H,24,26). The first kappa shape index (κ1) is 18.1. The fraction of sp³-hybridized carbons (Fsp3) is 0.0952. The van der Waals surface area contributed by atoms with Gasteiger partial charge in [-0.15, -0.1) is 0 Å². The number of carbonyl (C=O) groups excluding carboxylic acids is 2. The molecule has 3 N–H and O–H groups in total. The number of amides is 2. The Hall–Kier alpha value is -3.67. The van der Waals surface area contributed by atoms with Crippen molar-refractivity contribution in [3.8, 4) is 17.0 Å². The Labute approximate surface area is 157 Å². The summed E-state index contributed by atoms with van der Waals surface area (Å²) < 4.78 is 5.10. The summed E-state index contributed by atoms with van der Waals surface area (Å²) in [5, 5.41) is 2.81. The summed E-state index contributed by atoms with van der Waals surface area (Å²) in [6.45, 7) is 1.92. The van der Waals surface area contributed by atoms with Crippen molar-refractivity contribution in [3.05, 3.63) is 77.5 Å². The molecule has 0 atom stereocenters. The van der Waals surface area contributed by atoms with Gasteiger partial charge in [0.05, 0.1) is 18.4 Å². The van der Waals surface area contributed by atoms with E-state index in [0.29, 0.717) is 28.3 Å². The molecule has 27 heavy (non-hydrogen) atoms. The number of carbonyl (C=O) groups is 2. The van der Waals surface area contributed by atoms with Gasteiger partial charge in [-0.25, -0.2) is 0 Å².